The van der Waals surface area contributed by atoms with Gasteiger partial charge < -0.3 is 10.3 Å². The van der Waals surface area contributed by atoms with E-state index in [1.807, 2.05) is 6.07 Å². The van der Waals surface area contributed by atoms with Crippen molar-refractivity contribution in [3.8, 4) is 5.69 Å². The van der Waals surface area contributed by atoms with Crippen LogP contribution in [0.15, 0.2) is 54.9 Å². The molecule has 1 heterocycles. The molecule has 4 nitrogen and oxygen atoms in total. The standard InChI is InChI=1S/C16H11ClFN3OS/c17-10-4-5-14(18)13(8-10)15(22)20-11-2-1-3-12(9-11)21-7-6-19-16(21)23/h1-9H,(H,19,23)(H,20,22). The van der Waals surface area contributed by atoms with Crippen LogP contribution in [0.5, 0.6) is 0 Å². The number of carbonyl (C=O) groups is 1. The van der Waals surface area contributed by atoms with Crippen molar-refractivity contribution in [2.75, 3.05) is 5.32 Å². The molecule has 0 aliphatic rings. The van der Waals surface area contributed by atoms with Gasteiger partial charge in [0.15, 0.2) is 4.77 Å². The van der Waals surface area contributed by atoms with Crippen LogP contribution in [0, 0.1) is 10.6 Å². The molecular formula is C16H11ClFN3OS. The van der Waals surface area contributed by atoms with Crippen LogP contribution in [-0.2, 0) is 0 Å². The van der Waals surface area contributed by atoms with Crippen LogP contribution in [0.2, 0.25) is 5.02 Å². The number of nitrogens with one attached hydrogen (secondary N) is 2. The maximum absolute atomic E-state index is 13.7. The van der Waals surface area contributed by atoms with E-state index in [0.717, 1.165) is 11.8 Å². The fourth-order valence-corrected chi connectivity index (χ4v) is 2.53. The highest BCUT2D eigenvalue weighted by molar-refractivity contribution is 7.71. The Morgan fingerprint density at radius 2 is 2.09 bits per heavy atom. The second kappa shape index (κ2) is 6.36. The second-order valence-corrected chi connectivity index (χ2v) is 5.59. The average Bonchev–Trinajstić information content (AvgIpc) is 2.96. The van der Waals surface area contributed by atoms with Crippen molar-refractivity contribution in [2.45, 2.75) is 0 Å². The molecule has 0 radical (unpaired) electrons. The molecular weight excluding hydrogens is 337 g/mol. The highest BCUT2D eigenvalue weighted by Crippen LogP contribution is 2.19. The van der Waals surface area contributed by atoms with Crippen LogP contribution >= 0.6 is 23.8 Å². The first-order valence-electron chi connectivity index (χ1n) is 6.67. The van der Waals surface area contributed by atoms with Gasteiger partial charge in [0.05, 0.1) is 5.56 Å². The molecule has 116 valence electrons. The Hall–Kier alpha value is -2.44. The summed E-state index contributed by atoms with van der Waals surface area (Å²) in [5.41, 5.74) is 1.19. The van der Waals surface area contributed by atoms with E-state index in [0.29, 0.717) is 15.5 Å². The van der Waals surface area contributed by atoms with Crippen LogP contribution in [0.25, 0.3) is 5.69 Å². The van der Waals surface area contributed by atoms with Gasteiger partial charge in [-0.25, -0.2) is 4.39 Å². The minimum atomic E-state index is -0.629. The summed E-state index contributed by atoms with van der Waals surface area (Å²) in [6.45, 7) is 0. The number of halogens is 2. The van der Waals surface area contributed by atoms with Crippen molar-refractivity contribution in [1.82, 2.24) is 9.55 Å². The first-order chi connectivity index (χ1) is 11.0. The van der Waals surface area contributed by atoms with Crippen molar-refractivity contribution >= 4 is 35.4 Å². The SMILES string of the molecule is O=C(Nc1cccc(-n2cc[nH]c2=S)c1)c1cc(Cl)ccc1F. The third-order valence-electron chi connectivity index (χ3n) is 3.20. The Balaban J connectivity index is 1.89. The Morgan fingerprint density at radius 1 is 1.26 bits per heavy atom. The highest BCUT2D eigenvalue weighted by atomic mass is 35.5. The van der Waals surface area contributed by atoms with Crippen molar-refractivity contribution < 1.29 is 9.18 Å². The maximum Gasteiger partial charge on any atom is 0.258 e. The van der Waals surface area contributed by atoms with E-state index in [4.69, 9.17) is 23.8 Å². The van der Waals surface area contributed by atoms with Crippen LogP contribution in [-0.4, -0.2) is 15.5 Å². The lowest BCUT2D eigenvalue weighted by Crippen LogP contribution is -2.14. The summed E-state index contributed by atoms with van der Waals surface area (Å²) in [7, 11) is 0. The molecule has 2 aromatic carbocycles. The van der Waals surface area contributed by atoms with Gasteiger partial charge in [-0.05, 0) is 48.6 Å². The number of H-pyrrole nitrogens is 1. The molecule has 0 saturated heterocycles. The molecule has 1 amide bonds. The molecule has 0 aliphatic carbocycles. The third kappa shape index (κ3) is 3.33. The molecule has 0 saturated carbocycles. The normalized spacial score (nSPS) is 10.5. The zero-order valence-corrected chi connectivity index (χ0v) is 13.3. The van der Waals surface area contributed by atoms with Gasteiger partial charge in [0.2, 0.25) is 0 Å². The molecule has 0 unspecified atom stereocenters. The molecule has 3 aromatic rings. The van der Waals surface area contributed by atoms with Gasteiger partial charge in [0.1, 0.15) is 5.82 Å². The first kappa shape index (κ1) is 15.5. The fraction of sp³-hybridized carbons (Fsp3) is 0. The molecule has 3 rings (SSSR count). The quantitative estimate of drug-likeness (QED) is 0.681. The van der Waals surface area contributed by atoms with Crippen LogP contribution in [0.4, 0.5) is 10.1 Å². The predicted molar refractivity (Wildman–Crippen MR) is 90.3 cm³/mol. The number of amides is 1. The zero-order chi connectivity index (χ0) is 16.4. The first-order valence-corrected chi connectivity index (χ1v) is 7.46. The largest absolute Gasteiger partial charge is 0.337 e. The summed E-state index contributed by atoms with van der Waals surface area (Å²) in [5.74, 6) is -1.20. The van der Waals surface area contributed by atoms with E-state index in [1.54, 1.807) is 35.2 Å². The number of aromatic amines is 1. The molecule has 0 atom stereocenters. The van der Waals surface area contributed by atoms with Gasteiger partial charge in [-0.3, -0.25) is 9.36 Å². The van der Waals surface area contributed by atoms with Gasteiger partial charge in [0, 0.05) is 28.8 Å². The van der Waals surface area contributed by atoms with Crippen molar-refractivity contribution in [3.63, 3.8) is 0 Å². The summed E-state index contributed by atoms with van der Waals surface area (Å²) in [6, 6.07) is 10.9. The number of nitrogens with zero attached hydrogens (tertiary/aromatic N) is 1. The van der Waals surface area contributed by atoms with Gasteiger partial charge in [-0.2, -0.15) is 0 Å². The lowest BCUT2D eigenvalue weighted by atomic mass is 10.2. The Kier molecular flexibility index (Phi) is 4.27. The van der Waals surface area contributed by atoms with Crippen LogP contribution < -0.4 is 5.32 Å². The summed E-state index contributed by atoms with van der Waals surface area (Å²) in [6.07, 6.45) is 3.49. The molecule has 7 heteroatoms. The fourth-order valence-electron chi connectivity index (χ4n) is 2.13. The molecule has 0 fully saturated rings. The lowest BCUT2D eigenvalue weighted by Gasteiger charge is -2.09. The van der Waals surface area contributed by atoms with E-state index < -0.39 is 11.7 Å². The summed E-state index contributed by atoms with van der Waals surface area (Å²) in [4.78, 5) is 15.1. The number of carbonyl (C=O) groups excluding carboxylic acids is 1. The minimum Gasteiger partial charge on any atom is -0.337 e. The number of benzene rings is 2. The van der Waals surface area contributed by atoms with Crippen LogP contribution in [0.1, 0.15) is 10.4 Å². The van der Waals surface area contributed by atoms with Gasteiger partial charge in [0.25, 0.3) is 5.91 Å². The third-order valence-corrected chi connectivity index (χ3v) is 3.75. The second-order valence-electron chi connectivity index (χ2n) is 4.76. The van der Waals surface area contributed by atoms with Crippen molar-refractivity contribution in [1.29, 1.82) is 0 Å². The number of rotatable bonds is 3. The Bertz CT molecular complexity index is 935. The topological polar surface area (TPSA) is 49.8 Å². The average molecular weight is 348 g/mol. The summed E-state index contributed by atoms with van der Waals surface area (Å²) < 4.78 is 16.0. The summed E-state index contributed by atoms with van der Waals surface area (Å²) >= 11 is 11.0. The van der Waals surface area contributed by atoms with Gasteiger partial charge >= 0.3 is 0 Å². The zero-order valence-electron chi connectivity index (χ0n) is 11.7. The molecule has 23 heavy (non-hydrogen) atoms. The molecule has 0 aliphatic heterocycles. The van der Waals surface area contributed by atoms with E-state index in [-0.39, 0.29) is 5.56 Å². The van der Waals surface area contributed by atoms with E-state index in [1.165, 1.54) is 12.1 Å². The summed E-state index contributed by atoms with van der Waals surface area (Å²) in [5, 5.41) is 2.95. The number of hydrogen-bond donors (Lipinski definition) is 2. The Labute approximate surface area is 141 Å². The van der Waals surface area contributed by atoms with E-state index in [2.05, 4.69) is 10.3 Å². The molecule has 0 spiro atoms. The number of aromatic nitrogens is 2. The number of imidazole rings is 1. The number of hydrogen-bond acceptors (Lipinski definition) is 2. The van der Waals surface area contributed by atoms with E-state index >= 15 is 0 Å². The maximum atomic E-state index is 13.7. The molecule has 1 aromatic heterocycles. The molecule has 0 bridgehead atoms. The highest BCUT2D eigenvalue weighted by Gasteiger charge is 2.13. The monoisotopic (exact) mass is 347 g/mol. The van der Waals surface area contributed by atoms with Crippen molar-refractivity contribution in [2.24, 2.45) is 0 Å². The van der Waals surface area contributed by atoms with Crippen molar-refractivity contribution in [3.05, 3.63) is 76.0 Å². The van der Waals surface area contributed by atoms with Crippen LogP contribution in [0.3, 0.4) is 0 Å². The predicted octanol–water partition coefficient (Wildman–Crippen LogP) is 4.58. The lowest BCUT2D eigenvalue weighted by molar-refractivity contribution is 0.102. The van der Waals surface area contributed by atoms with Gasteiger partial charge in [-0.1, -0.05) is 17.7 Å². The van der Waals surface area contributed by atoms with Gasteiger partial charge in [-0.15, -0.1) is 0 Å². The molecule has 2 N–H and O–H groups in total. The Morgan fingerprint density at radius 3 is 2.83 bits per heavy atom. The number of anilines is 1. The minimum absolute atomic E-state index is 0.110. The smallest absolute Gasteiger partial charge is 0.258 e. The van der Waals surface area contributed by atoms with E-state index in [9.17, 15) is 9.18 Å².